The highest BCUT2D eigenvalue weighted by atomic mass is 79.9. The van der Waals surface area contributed by atoms with Crippen molar-refractivity contribution in [2.24, 2.45) is 0 Å². The largest absolute Gasteiger partial charge is 0.347 e. The molecule has 1 amide bonds. The molecule has 1 aromatic rings. The van der Waals surface area contributed by atoms with Gasteiger partial charge in [0, 0.05) is 16.4 Å². The molecule has 0 saturated carbocycles. The maximum absolute atomic E-state index is 12.2. The van der Waals surface area contributed by atoms with Crippen molar-refractivity contribution >= 4 is 21.8 Å². The van der Waals surface area contributed by atoms with Crippen LogP contribution in [-0.4, -0.2) is 16.8 Å². The molecule has 0 aromatic heterocycles. The third-order valence-corrected chi connectivity index (χ3v) is 4.08. The van der Waals surface area contributed by atoms with Crippen LogP contribution >= 0.6 is 15.9 Å². The quantitative estimate of drug-likeness (QED) is 0.767. The highest BCUT2D eigenvalue weighted by Gasteiger charge is 2.23. The number of carbonyl (C=O) groups is 1. The fourth-order valence-electron chi connectivity index (χ4n) is 1.90. The molecule has 1 rings (SSSR count). The molecule has 0 aliphatic heterocycles. The average Bonchev–Trinajstić information content (AvgIpc) is 2.39. The number of halogens is 1. The van der Waals surface area contributed by atoms with Gasteiger partial charge in [-0.05, 0) is 43.4 Å². The van der Waals surface area contributed by atoms with E-state index in [0.29, 0.717) is 5.92 Å². The topological polar surface area (TPSA) is 29.1 Å². The van der Waals surface area contributed by atoms with Gasteiger partial charge in [-0.2, -0.15) is 0 Å². The third-order valence-electron chi connectivity index (χ3n) is 3.68. The molecule has 0 fully saturated rings. The number of alkyl halides is 1. The van der Waals surface area contributed by atoms with Crippen molar-refractivity contribution < 1.29 is 4.79 Å². The molecule has 0 saturated heterocycles. The summed E-state index contributed by atoms with van der Waals surface area (Å²) >= 11 is 3.45. The van der Waals surface area contributed by atoms with Crippen molar-refractivity contribution in [2.45, 2.75) is 52.0 Å². The smallest absolute Gasteiger partial charge is 0.251 e. The van der Waals surface area contributed by atoms with Crippen molar-refractivity contribution in [3.8, 4) is 0 Å². The minimum atomic E-state index is -0.142. The molecule has 0 aliphatic rings. The van der Waals surface area contributed by atoms with Gasteiger partial charge in [-0.3, -0.25) is 4.79 Å². The van der Waals surface area contributed by atoms with Crippen molar-refractivity contribution in [1.82, 2.24) is 5.32 Å². The Hall–Kier alpha value is -0.830. The van der Waals surface area contributed by atoms with E-state index in [-0.39, 0.29) is 11.4 Å². The van der Waals surface area contributed by atoms with E-state index in [1.165, 1.54) is 5.56 Å². The fraction of sp³-hybridized carbons (Fsp3) is 0.562. The van der Waals surface area contributed by atoms with Crippen molar-refractivity contribution in [3.63, 3.8) is 0 Å². The maximum atomic E-state index is 12.2. The number of carbonyl (C=O) groups excluding carboxylic acids is 1. The highest BCUT2D eigenvalue weighted by Crippen LogP contribution is 2.18. The summed E-state index contributed by atoms with van der Waals surface area (Å²) in [6.45, 7) is 8.50. The Bertz CT molecular complexity index is 413. The predicted octanol–water partition coefficient (Wildman–Crippen LogP) is 4.49. The Labute approximate surface area is 125 Å². The molecule has 106 valence electrons. The van der Waals surface area contributed by atoms with Crippen molar-refractivity contribution in [3.05, 3.63) is 35.4 Å². The van der Waals surface area contributed by atoms with Gasteiger partial charge in [0.1, 0.15) is 0 Å². The second kappa shape index (κ2) is 7.09. The lowest BCUT2D eigenvalue weighted by atomic mass is 9.94. The average molecular weight is 326 g/mol. The Morgan fingerprint density at radius 2 is 1.89 bits per heavy atom. The first kappa shape index (κ1) is 16.2. The zero-order valence-electron chi connectivity index (χ0n) is 12.3. The lowest BCUT2D eigenvalue weighted by Crippen LogP contribution is -2.45. The summed E-state index contributed by atoms with van der Waals surface area (Å²) in [6, 6.07) is 7.89. The van der Waals surface area contributed by atoms with Crippen LogP contribution in [0.15, 0.2) is 24.3 Å². The van der Waals surface area contributed by atoms with Crippen LogP contribution in [0, 0.1) is 0 Å². The normalized spacial score (nSPS) is 14.2. The molecular weight excluding hydrogens is 302 g/mol. The van der Waals surface area contributed by atoms with E-state index in [2.05, 4.69) is 48.9 Å². The Kier molecular flexibility index (Phi) is 6.05. The summed E-state index contributed by atoms with van der Waals surface area (Å²) in [5, 5.41) is 4.03. The van der Waals surface area contributed by atoms with Crippen LogP contribution in [0.3, 0.4) is 0 Å². The zero-order valence-corrected chi connectivity index (χ0v) is 13.9. The van der Waals surface area contributed by atoms with Crippen LogP contribution in [0.4, 0.5) is 0 Å². The Morgan fingerprint density at radius 3 is 2.32 bits per heavy atom. The van der Waals surface area contributed by atoms with Crippen molar-refractivity contribution in [2.75, 3.05) is 5.33 Å². The second-order valence-electron chi connectivity index (χ2n) is 5.58. The van der Waals surface area contributed by atoms with Crippen molar-refractivity contribution in [1.29, 1.82) is 0 Å². The number of amides is 1. The van der Waals surface area contributed by atoms with Gasteiger partial charge in [0.05, 0.1) is 0 Å². The molecule has 0 radical (unpaired) electrons. The van der Waals surface area contributed by atoms with Crippen LogP contribution in [0.1, 0.15) is 62.4 Å². The van der Waals surface area contributed by atoms with Gasteiger partial charge in [-0.1, -0.05) is 48.8 Å². The van der Waals surface area contributed by atoms with Crippen LogP contribution < -0.4 is 5.32 Å². The number of hydrogen-bond donors (Lipinski definition) is 1. The van der Waals surface area contributed by atoms with Gasteiger partial charge >= 0.3 is 0 Å². The standard InChI is InChI=1S/C16H24BrNO/c1-5-16(4,10-11-17)18-15(19)14-8-6-13(7-9-14)12(2)3/h6-9,12H,5,10-11H2,1-4H3,(H,18,19). The number of rotatable bonds is 6. The van der Waals surface area contributed by atoms with Crippen LogP contribution in [0.2, 0.25) is 0 Å². The van der Waals surface area contributed by atoms with Gasteiger partial charge < -0.3 is 5.32 Å². The summed E-state index contributed by atoms with van der Waals surface area (Å²) in [4.78, 5) is 12.2. The molecular formula is C16H24BrNO. The summed E-state index contributed by atoms with van der Waals surface area (Å²) < 4.78 is 0. The molecule has 0 aliphatic carbocycles. The van der Waals surface area contributed by atoms with E-state index in [0.717, 1.165) is 23.7 Å². The van der Waals surface area contributed by atoms with E-state index in [1.807, 2.05) is 24.3 Å². The van der Waals surface area contributed by atoms with E-state index in [1.54, 1.807) is 0 Å². The molecule has 0 spiro atoms. The minimum Gasteiger partial charge on any atom is -0.347 e. The molecule has 1 aromatic carbocycles. The van der Waals surface area contributed by atoms with Crippen LogP contribution in [0.5, 0.6) is 0 Å². The monoisotopic (exact) mass is 325 g/mol. The van der Waals surface area contributed by atoms with E-state index in [4.69, 9.17) is 0 Å². The number of hydrogen-bond acceptors (Lipinski definition) is 1. The summed E-state index contributed by atoms with van der Waals surface area (Å²) in [7, 11) is 0. The van der Waals surface area contributed by atoms with Crippen LogP contribution in [-0.2, 0) is 0 Å². The molecule has 0 heterocycles. The van der Waals surface area contributed by atoms with E-state index in [9.17, 15) is 4.79 Å². The van der Waals surface area contributed by atoms with Gasteiger partial charge in [-0.15, -0.1) is 0 Å². The first-order valence-corrected chi connectivity index (χ1v) is 8.02. The van der Waals surface area contributed by atoms with Gasteiger partial charge in [0.15, 0.2) is 0 Å². The number of nitrogens with one attached hydrogen (secondary N) is 1. The molecule has 3 heteroatoms. The number of benzene rings is 1. The predicted molar refractivity (Wildman–Crippen MR) is 85.1 cm³/mol. The molecule has 1 unspecified atom stereocenters. The second-order valence-corrected chi connectivity index (χ2v) is 6.38. The summed E-state index contributed by atoms with van der Waals surface area (Å²) in [5.74, 6) is 0.507. The van der Waals surface area contributed by atoms with E-state index < -0.39 is 0 Å². The SMILES string of the molecule is CCC(C)(CCBr)NC(=O)c1ccc(C(C)C)cc1. The lowest BCUT2D eigenvalue weighted by Gasteiger charge is -2.29. The first-order valence-electron chi connectivity index (χ1n) is 6.90. The molecule has 1 atom stereocenters. The molecule has 2 nitrogen and oxygen atoms in total. The molecule has 0 bridgehead atoms. The summed E-state index contributed by atoms with van der Waals surface area (Å²) in [6.07, 6.45) is 1.85. The van der Waals surface area contributed by atoms with Crippen LogP contribution in [0.25, 0.3) is 0 Å². The van der Waals surface area contributed by atoms with Gasteiger partial charge in [-0.25, -0.2) is 0 Å². The molecule has 19 heavy (non-hydrogen) atoms. The fourth-order valence-corrected chi connectivity index (χ4v) is 2.78. The Morgan fingerprint density at radius 1 is 1.32 bits per heavy atom. The zero-order chi connectivity index (χ0) is 14.5. The minimum absolute atomic E-state index is 0.0145. The highest BCUT2D eigenvalue weighted by molar-refractivity contribution is 9.09. The third kappa shape index (κ3) is 4.64. The maximum Gasteiger partial charge on any atom is 0.251 e. The lowest BCUT2D eigenvalue weighted by molar-refractivity contribution is 0.0902. The van der Waals surface area contributed by atoms with E-state index >= 15 is 0 Å². The van der Waals surface area contributed by atoms with Gasteiger partial charge in [0.2, 0.25) is 0 Å². The Balaban J connectivity index is 2.77. The molecule has 1 N–H and O–H groups in total. The van der Waals surface area contributed by atoms with Gasteiger partial charge in [0.25, 0.3) is 5.91 Å². The summed E-state index contributed by atoms with van der Waals surface area (Å²) in [5.41, 5.74) is 1.85. The first-order chi connectivity index (χ1) is 8.91.